The van der Waals surface area contributed by atoms with Gasteiger partial charge in [0, 0.05) is 18.8 Å². The molecule has 21 heavy (non-hydrogen) atoms. The van der Waals surface area contributed by atoms with Gasteiger partial charge in [0.2, 0.25) is 0 Å². The van der Waals surface area contributed by atoms with E-state index in [1.54, 1.807) is 24.3 Å². The molecule has 0 spiro atoms. The van der Waals surface area contributed by atoms with Gasteiger partial charge in [0.25, 0.3) is 0 Å². The molecule has 0 radical (unpaired) electrons. The van der Waals surface area contributed by atoms with Gasteiger partial charge in [-0.25, -0.2) is 4.79 Å². The van der Waals surface area contributed by atoms with Crippen molar-refractivity contribution in [1.82, 2.24) is 10.2 Å². The normalized spacial score (nSPS) is 15.5. The van der Waals surface area contributed by atoms with Crippen LogP contribution in [0.3, 0.4) is 0 Å². The van der Waals surface area contributed by atoms with Crippen LogP contribution in [0.15, 0.2) is 24.3 Å². The molecule has 1 heterocycles. The second-order valence-corrected chi connectivity index (χ2v) is 5.36. The number of anilines is 1. The number of amides is 2. The Morgan fingerprint density at radius 3 is 2.57 bits per heavy atom. The van der Waals surface area contributed by atoms with Gasteiger partial charge in [-0.2, -0.15) is 5.26 Å². The van der Waals surface area contributed by atoms with Crippen LogP contribution in [-0.4, -0.2) is 37.1 Å². The van der Waals surface area contributed by atoms with E-state index in [1.807, 2.05) is 4.90 Å². The van der Waals surface area contributed by atoms with Crippen molar-refractivity contribution in [1.29, 1.82) is 5.26 Å². The largest absolute Gasteiger partial charge is 0.325 e. The van der Waals surface area contributed by atoms with E-state index >= 15 is 0 Å². The summed E-state index contributed by atoms with van der Waals surface area (Å²) >= 11 is 0. The van der Waals surface area contributed by atoms with E-state index in [0.717, 1.165) is 44.7 Å². The number of nitrogens with one attached hydrogen (secondary N) is 2. The van der Waals surface area contributed by atoms with Crippen molar-refractivity contribution in [3.8, 4) is 6.07 Å². The van der Waals surface area contributed by atoms with Crippen molar-refractivity contribution in [2.45, 2.75) is 19.8 Å². The summed E-state index contributed by atoms with van der Waals surface area (Å²) in [6.45, 7) is 5.76. The highest BCUT2D eigenvalue weighted by Gasteiger charge is 2.22. The number of nitriles is 1. The molecule has 5 nitrogen and oxygen atoms in total. The third-order valence-electron chi connectivity index (χ3n) is 3.85. The molecule has 0 aromatic heterocycles. The van der Waals surface area contributed by atoms with Crippen LogP contribution in [-0.2, 0) is 0 Å². The minimum absolute atomic E-state index is 0.0541. The van der Waals surface area contributed by atoms with E-state index < -0.39 is 0 Å². The molecule has 0 unspecified atom stereocenters. The second kappa shape index (κ2) is 7.65. The van der Waals surface area contributed by atoms with Crippen LogP contribution in [0.5, 0.6) is 0 Å². The van der Waals surface area contributed by atoms with Crippen LogP contribution >= 0.6 is 0 Å². The third-order valence-corrected chi connectivity index (χ3v) is 3.85. The molecule has 1 aromatic carbocycles. The maximum absolute atomic E-state index is 12.2. The second-order valence-electron chi connectivity index (χ2n) is 5.36. The number of likely N-dealkylation sites (tertiary alicyclic amines) is 1. The number of hydrogen-bond acceptors (Lipinski definition) is 3. The topological polar surface area (TPSA) is 68.2 Å². The van der Waals surface area contributed by atoms with Gasteiger partial charge < -0.3 is 15.5 Å². The zero-order valence-corrected chi connectivity index (χ0v) is 12.4. The molecule has 0 aliphatic carbocycles. The smallest absolute Gasteiger partial charge is 0.321 e. The van der Waals surface area contributed by atoms with E-state index in [1.165, 1.54) is 0 Å². The van der Waals surface area contributed by atoms with Crippen molar-refractivity contribution in [2.75, 3.05) is 31.5 Å². The van der Waals surface area contributed by atoms with Gasteiger partial charge in [0.15, 0.2) is 0 Å². The van der Waals surface area contributed by atoms with Crippen molar-refractivity contribution >= 4 is 11.7 Å². The molecule has 1 saturated heterocycles. The average molecular weight is 286 g/mol. The molecule has 5 heteroatoms. The van der Waals surface area contributed by atoms with E-state index in [-0.39, 0.29) is 6.03 Å². The number of hydrogen-bond donors (Lipinski definition) is 2. The zero-order chi connectivity index (χ0) is 15.1. The summed E-state index contributed by atoms with van der Waals surface area (Å²) < 4.78 is 0. The first-order chi connectivity index (χ1) is 10.2. The van der Waals surface area contributed by atoms with E-state index in [9.17, 15) is 4.79 Å². The summed E-state index contributed by atoms with van der Waals surface area (Å²) in [4.78, 5) is 14.0. The van der Waals surface area contributed by atoms with Crippen LogP contribution in [0, 0.1) is 17.2 Å². The number of urea groups is 1. The molecule has 1 aliphatic heterocycles. The first-order valence-electron chi connectivity index (χ1n) is 7.49. The monoisotopic (exact) mass is 286 g/mol. The van der Waals surface area contributed by atoms with Crippen molar-refractivity contribution in [3.63, 3.8) is 0 Å². The number of piperidine rings is 1. The van der Waals surface area contributed by atoms with Gasteiger partial charge in [0.1, 0.15) is 0 Å². The molecule has 0 bridgehead atoms. The van der Waals surface area contributed by atoms with Crippen LogP contribution < -0.4 is 10.6 Å². The quantitative estimate of drug-likeness (QED) is 0.893. The van der Waals surface area contributed by atoms with Crippen molar-refractivity contribution < 1.29 is 4.79 Å². The molecule has 0 atom stereocenters. The highest BCUT2D eigenvalue weighted by atomic mass is 16.2. The first-order valence-corrected chi connectivity index (χ1v) is 7.49. The van der Waals surface area contributed by atoms with Gasteiger partial charge in [-0.05, 0) is 56.1 Å². The molecular formula is C16H22N4O. The van der Waals surface area contributed by atoms with Gasteiger partial charge in [0.05, 0.1) is 11.6 Å². The lowest BCUT2D eigenvalue weighted by Gasteiger charge is -2.32. The SMILES string of the molecule is CCNCC1CCN(C(=O)Nc2ccc(C#N)cc2)CC1. The third kappa shape index (κ3) is 4.47. The Balaban J connectivity index is 1.80. The van der Waals surface area contributed by atoms with Crippen molar-refractivity contribution in [2.24, 2.45) is 5.92 Å². The lowest BCUT2D eigenvalue weighted by molar-refractivity contribution is 0.182. The summed E-state index contributed by atoms with van der Waals surface area (Å²) in [5.41, 5.74) is 1.33. The fourth-order valence-corrected chi connectivity index (χ4v) is 2.52. The Labute approximate surface area is 125 Å². The Hall–Kier alpha value is -2.06. The average Bonchev–Trinajstić information content (AvgIpc) is 2.54. The summed E-state index contributed by atoms with van der Waals surface area (Å²) in [6, 6.07) is 8.94. The number of rotatable bonds is 4. The maximum atomic E-state index is 12.2. The fourth-order valence-electron chi connectivity index (χ4n) is 2.52. The molecule has 1 aliphatic rings. The molecular weight excluding hydrogens is 264 g/mol. The summed E-state index contributed by atoms with van der Waals surface area (Å²) in [7, 11) is 0. The summed E-state index contributed by atoms with van der Waals surface area (Å²) in [5, 5.41) is 15.0. The molecule has 112 valence electrons. The predicted molar refractivity (Wildman–Crippen MR) is 83.0 cm³/mol. The Kier molecular flexibility index (Phi) is 5.59. The Bertz CT molecular complexity index is 498. The lowest BCUT2D eigenvalue weighted by Crippen LogP contribution is -2.42. The highest BCUT2D eigenvalue weighted by Crippen LogP contribution is 2.18. The van der Waals surface area contributed by atoms with Crippen LogP contribution in [0.1, 0.15) is 25.3 Å². The number of carbonyl (C=O) groups is 1. The summed E-state index contributed by atoms with van der Waals surface area (Å²) in [5.74, 6) is 0.670. The van der Waals surface area contributed by atoms with Gasteiger partial charge in [-0.15, -0.1) is 0 Å². The van der Waals surface area contributed by atoms with Gasteiger partial charge in [-0.1, -0.05) is 6.92 Å². The van der Waals surface area contributed by atoms with E-state index in [2.05, 4.69) is 23.6 Å². The standard InChI is InChI=1S/C16H22N4O/c1-2-18-12-14-7-9-20(10-8-14)16(21)19-15-5-3-13(11-17)4-6-15/h3-6,14,18H,2,7-10,12H2,1H3,(H,19,21). The maximum Gasteiger partial charge on any atom is 0.321 e. The molecule has 0 saturated carbocycles. The van der Waals surface area contributed by atoms with Gasteiger partial charge >= 0.3 is 6.03 Å². The van der Waals surface area contributed by atoms with E-state index in [0.29, 0.717) is 11.5 Å². The Morgan fingerprint density at radius 1 is 1.33 bits per heavy atom. The molecule has 1 fully saturated rings. The van der Waals surface area contributed by atoms with Crippen LogP contribution in [0.4, 0.5) is 10.5 Å². The first kappa shape index (κ1) is 15.3. The minimum Gasteiger partial charge on any atom is -0.325 e. The molecule has 1 aromatic rings. The van der Waals surface area contributed by atoms with Crippen LogP contribution in [0.2, 0.25) is 0 Å². The minimum atomic E-state index is -0.0541. The number of carbonyl (C=O) groups excluding carboxylic acids is 1. The Morgan fingerprint density at radius 2 is 2.00 bits per heavy atom. The summed E-state index contributed by atoms with van der Waals surface area (Å²) in [6.07, 6.45) is 2.10. The van der Waals surface area contributed by atoms with Crippen LogP contribution in [0.25, 0.3) is 0 Å². The lowest BCUT2D eigenvalue weighted by atomic mass is 9.97. The fraction of sp³-hybridized carbons (Fsp3) is 0.500. The highest BCUT2D eigenvalue weighted by molar-refractivity contribution is 5.89. The number of benzene rings is 1. The van der Waals surface area contributed by atoms with Gasteiger partial charge in [-0.3, -0.25) is 0 Å². The molecule has 2 amide bonds. The van der Waals surface area contributed by atoms with E-state index in [4.69, 9.17) is 5.26 Å². The van der Waals surface area contributed by atoms with Crippen molar-refractivity contribution in [3.05, 3.63) is 29.8 Å². The molecule has 2 rings (SSSR count). The zero-order valence-electron chi connectivity index (χ0n) is 12.4. The predicted octanol–water partition coefficient (Wildman–Crippen LogP) is 2.41. The molecule has 2 N–H and O–H groups in total. The number of nitrogens with zero attached hydrogens (tertiary/aromatic N) is 2.